The molecule has 2 aromatic heterocycles. The van der Waals surface area contributed by atoms with E-state index < -0.39 is 0 Å². The number of nitrogens with one attached hydrogen (secondary N) is 1. The molecule has 0 spiro atoms. The molecule has 0 atom stereocenters. The van der Waals surface area contributed by atoms with Crippen molar-refractivity contribution in [3.05, 3.63) is 24.5 Å². The molecule has 23 heavy (non-hydrogen) atoms. The van der Waals surface area contributed by atoms with Gasteiger partial charge in [-0.15, -0.1) is 0 Å². The van der Waals surface area contributed by atoms with Crippen LogP contribution in [0.25, 0.3) is 11.6 Å². The predicted octanol–water partition coefficient (Wildman–Crippen LogP) is 1.43. The summed E-state index contributed by atoms with van der Waals surface area (Å²) in [5.41, 5.74) is 0. The number of hydrazone groups is 1. The molecule has 1 aliphatic heterocycles. The number of carbonyl (C=O) groups excluding carboxylic acids is 1. The molecule has 2 aromatic rings. The first-order chi connectivity index (χ1) is 11.1. The Bertz CT molecular complexity index is 711. The van der Waals surface area contributed by atoms with Crippen molar-refractivity contribution in [3.8, 4) is 11.6 Å². The number of rotatable bonds is 5. The standard InChI is InChI=1S/C15H18N6O2/c1-20(2)10-14(22)17-12-9-13(21-7-4-6-16-21)19-15(18-12)11-5-3-8-23-11/h3,5-6,8-9H,4,7,10H2,1-2H3,(H,17,18,19,22). The predicted molar refractivity (Wildman–Crippen MR) is 87.4 cm³/mol. The molecular weight excluding hydrogens is 296 g/mol. The first-order valence-electron chi connectivity index (χ1n) is 7.29. The monoisotopic (exact) mass is 314 g/mol. The number of amides is 1. The lowest BCUT2D eigenvalue weighted by Crippen LogP contribution is -2.27. The average molecular weight is 314 g/mol. The highest BCUT2D eigenvalue weighted by Gasteiger charge is 2.16. The number of nitrogens with zero attached hydrogens (tertiary/aromatic N) is 5. The number of likely N-dealkylation sites (N-methyl/N-ethyl adjacent to an activating group) is 1. The third kappa shape index (κ3) is 3.72. The van der Waals surface area contributed by atoms with Crippen LogP contribution in [-0.2, 0) is 4.79 Å². The maximum atomic E-state index is 12.0. The Hall–Kier alpha value is -2.74. The number of aromatic nitrogens is 2. The molecule has 1 amide bonds. The summed E-state index contributed by atoms with van der Waals surface area (Å²) < 4.78 is 5.36. The molecular formula is C15H18N6O2. The average Bonchev–Trinajstić information content (AvgIpc) is 3.20. The topological polar surface area (TPSA) is 86.9 Å². The van der Waals surface area contributed by atoms with E-state index in [1.54, 1.807) is 34.4 Å². The Morgan fingerprint density at radius 3 is 2.96 bits per heavy atom. The van der Waals surface area contributed by atoms with Gasteiger partial charge in [0.15, 0.2) is 17.4 Å². The summed E-state index contributed by atoms with van der Waals surface area (Å²) >= 11 is 0. The fraction of sp³-hybridized carbons (Fsp3) is 0.333. The zero-order valence-corrected chi connectivity index (χ0v) is 13.1. The van der Waals surface area contributed by atoms with Gasteiger partial charge in [0.2, 0.25) is 5.91 Å². The Labute approximate surface area is 133 Å². The number of hydrogen-bond donors (Lipinski definition) is 1. The Morgan fingerprint density at radius 2 is 2.30 bits per heavy atom. The van der Waals surface area contributed by atoms with Gasteiger partial charge in [0.1, 0.15) is 5.82 Å². The van der Waals surface area contributed by atoms with Gasteiger partial charge in [0.25, 0.3) is 0 Å². The lowest BCUT2D eigenvalue weighted by atomic mass is 10.4. The smallest absolute Gasteiger partial charge is 0.239 e. The van der Waals surface area contributed by atoms with Gasteiger partial charge >= 0.3 is 0 Å². The van der Waals surface area contributed by atoms with E-state index in [2.05, 4.69) is 20.4 Å². The van der Waals surface area contributed by atoms with Crippen LogP contribution in [-0.4, -0.2) is 54.2 Å². The van der Waals surface area contributed by atoms with E-state index in [0.29, 0.717) is 23.2 Å². The van der Waals surface area contributed by atoms with Crippen LogP contribution < -0.4 is 10.3 Å². The number of anilines is 2. The summed E-state index contributed by atoms with van der Waals surface area (Å²) in [6.45, 7) is 1.02. The molecule has 120 valence electrons. The van der Waals surface area contributed by atoms with Crippen LogP contribution in [0.2, 0.25) is 0 Å². The molecule has 3 heterocycles. The van der Waals surface area contributed by atoms with Crippen LogP contribution in [0.3, 0.4) is 0 Å². The van der Waals surface area contributed by atoms with Crippen molar-refractivity contribution >= 4 is 23.8 Å². The second-order valence-electron chi connectivity index (χ2n) is 5.41. The largest absolute Gasteiger partial charge is 0.461 e. The molecule has 0 saturated heterocycles. The van der Waals surface area contributed by atoms with Crippen LogP contribution in [0.1, 0.15) is 6.42 Å². The van der Waals surface area contributed by atoms with Gasteiger partial charge in [-0.1, -0.05) is 0 Å². The van der Waals surface area contributed by atoms with E-state index >= 15 is 0 Å². The van der Waals surface area contributed by atoms with Crippen molar-refractivity contribution in [2.45, 2.75) is 6.42 Å². The van der Waals surface area contributed by atoms with Gasteiger partial charge < -0.3 is 14.6 Å². The summed E-state index contributed by atoms with van der Waals surface area (Å²) in [4.78, 5) is 22.6. The molecule has 0 saturated carbocycles. The molecule has 0 bridgehead atoms. The maximum Gasteiger partial charge on any atom is 0.239 e. The van der Waals surface area contributed by atoms with Crippen molar-refractivity contribution in [1.29, 1.82) is 0 Å². The summed E-state index contributed by atoms with van der Waals surface area (Å²) in [5.74, 6) is 1.86. The van der Waals surface area contributed by atoms with E-state index in [4.69, 9.17) is 4.42 Å². The molecule has 1 N–H and O–H groups in total. The molecule has 8 nitrogen and oxygen atoms in total. The molecule has 3 rings (SSSR count). The first-order valence-corrected chi connectivity index (χ1v) is 7.29. The number of carbonyl (C=O) groups is 1. The molecule has 1 aliphatic rings. The minimum atomic E-state index is -0.144. The van der Waals surface area contributed by atoms with Gasteiger partial charge in [-0.05, 0) is 26.2 Å². The fourth-order valence-electron chi connectivity index (χ4n) is 2.18. The highest BCUT2D eigenvalue weighted by Crippen LogP contribution is 2.24. The van der Waals surface area contributed by atoms with Crippen molar-refractivity contribution in [2.75, 3.05) is 37.5 Å². The minimum Gasteiger partial charge on any atom is -0.461 e. The van der Waals surface area contributed by atoms with Crippen molar-refractivity contribution in [2.24, 2.45) is 5.10 Å². The van der Waals surface area contributed by atoms with Crippen LogP contribution in [0.4, 0.5) is 11.6 Å². The molecule has 0 unspecified atom stereocenters. The Kier molecular flexibility index (Phi) is 4.33. The quantitative estimate of drug-likeness (QED) is 0.898. The molecule has 0 fully saturated rings. The first kappa shape index (κ1) is 15.2. The minimum absolute atomic E-state index is 0.144. The number of furan rings is 1. The van der Waals surface area contributed by atoms with E-state index in [9.17, 15) is 4.79 Å². The lowest BCUT2D eigenvalue weighted by molar-refractivity contribution is -0.116. The van der Waals surface area contributed by atoms with Crippen LogP contribution in [0.15, 0.2) is 34.0 Å². The normalized spacial score (nSPS) is 13.8. The summed E-state index contributed by atoms with van der Waals surface area (Å²) in [7, 11) is 3.66. The van der Waals surface area contributed by atoms with Gasteiger partial charge in [0.05, 0.1) is 12.8 Å². The van der Waals surface area contributed by atoms with Gasteiger partial charge in [-0.3, -0.25) is 4.79 Å². The third-order valence-electron chi connectivity index (χ3n) is 3.14. The fourth-order valence-corrected chi connectivity index (χ4v) is 2.18. The molecule has 0 aliphatic carbocycles. The van der Waals surface area contributed by atoms with Crippen LogP contribution in [0, 0.1) is 0 Å². The van der Waals surface area contributed by atoms with Gasteiger partial charge in [-0.2, -0.15) is 5.10 Å². The molecule has 8 heteroatoms. The van der Waals surface area contributed by atoms with E-state index in [1.807, 2.05) is 20.3 Å². The lowest BCUT2D eigenvalue weighted by Gasteiger charge is -2.15. The zero-order chi connectivity index (χ0) is 16.2. The summed E-state index contributed by atoms with van der Waals surface area (Å²) in [5, 5.41) is 8.82. The SMILES string of the molecule is CN(C)CC(=O)Nc1cc(N2CCC=N2)nc(-c2ccco2)n1. The maximum absolute atomic E-state index is 12.0. The van der Waals surface area contributed by atoms with Crippen LogP contribution in [0.5, 0.6) is 0 Å². The van der Waals surface area contributed by atoms with Crippen molar-refractivity contribution in [1.82, 2.24) is 14.9 Å². The Morgan fingerprint density at radius 1 is 1.43 bits per heavy atom. The van der Waals surface area contributed by atoms with Crippen molar-refractivity contribution < 1.29 is 9.21 Å². The number of hydrogen-bond acceptors (Lipinski definition) is 7. The Balaban J connectivity index is 1.91. The van der Waals surface area contributed by atoms with Gasteiger partial charge in [-0.25, -0.2) is 15.0 Å². The van der Waals surface area contributed by atoms with Crippen LogP contribution >= 0.6 is 0 Å². The summed E-state index contributed by atoms with van der Waals surface area (Å²) in [6.07, 6.45) is 4.26. The van der Waals surface area contributed by atoms with E-state index in [0.717, 1.165) is 13.0 Å². The second-order valence-corrected chi connectivity index (χ2v) is 5.41. The van der Waals surface area contributed by atoms with E-state index in [-0.39, 0.29) is 12.5 Å². The van der Waals surface area contributed by atoms with Gasteiger partial charge in [0, 0.05) is 25.2 Å². The van der Waals surface area contributed by atoms with E-state index in [1.165, 1.54) is 0 Å². The highest BCUT2D eigenvalue weighted by molar-refractivity contribution is 5.91. The molecule has 0 aromatic carbocycles. The third-order valence-corrected chi connectivity index (χ3v) is 3.14. The highest BCUT2D eigenvalue weighted by atomic mass is 16.3. The zero-order valence-electron chi connectivity index (χ0n) is 13.1. The van der Waals surface area contributed by atoms with Crippen molar-refractivity contribution in [3.63, 3.8) is 0 Å². The molecule has 0 radical (unpaired) electrons. The summed E-state index contributed by atoms with van der Waals surface area (Å²) in [6, 6.07) is 5.25. The second kappa shape index (κ2) is 6.57.